The van der Waals surface area contributed by atoms with Crippen LogP contribution in [0.15, 0.2) is 103 Å². The van der Waals surface area contributed by atoms with Crippen molar-refractivity contribution >= 4 is 63.5 Å². The minimum absolute atomic E-state index is 0.0770. The fourth-order valence-corrected chi connectivity index (χ4v) is 9.69. The minimum atomic E-state index is -0.811. The average Bonchev–Trinajstić information content (AvgIpc) is 4.22. The second-order valence-electron chi connectivity index (χ2n) is 19.9. The third kappa shape index (κ3) is 17.1. The highest BCUT2D eigenvalue weighted by Crippen LogP contribution is 2.38. The Balaban J connectivity index is 0.720. The van der Waals surface area contributed by atoms with Gasteiger partial charge >= 0.3 is 0 Å². The van der Waals surface area contributed by atoms with Crippen molar-refractivity contribution in [3.8, 4) is 22.3 Å². The van der Waals surface area contributed by atoms with Crippen LogP contribution in [-0.4, -0.2) is 124 Å². The number of amides is 5. The lowest BCUT2D eigenvalue weighted by Crippen LogP contribution is -2.57. The molecule has 0 bridgehead atoms. The van der Waals surface area contributed by atoms with E-state index in [0.717, 1.165) is 44.1 Å². The number of rotatable bonds is 27. The summed E-state index contributed by atoms with van der Waals surface area (Å²) in [6.45, 7) is 15.1. The first-order valence-electron chi connectivity index (χ1n) is 26.6. The number of aromatic nitrogens is 1. The summed E-state index contributed by atoms with van der Waals surface area (Å²) >= 11 is 1.60. The van der Waals surface area contributed by atoms with Crippen LogP contribution in [0.2, 0.25) is 0 Å². The first-order chi connectivity index (χ1) is 37.8. The molecule has 78 heavy (non-hydrogen) atoms. The first kappa shape index (κ1) is 58.4. The zero-order valence-corrected chi connectivity index (χ0v) is 46.1. The molecule has 1 fully saturated rings. The molecule has 3 heterocycles. The number of hydrogen-bond donors (Lipinski definition) is 6. The number of carbonyl (C=O) groups is 5. The number of likely N-dealkylation sites (tertiary alicyclic amines) is 1. The standard InChI is InChI=1S/C60H72N8O9S/c1-6-62-51(69)25-19-42-18-24-48-49(37-42)66-58(72)53(48)54(45-11-8-7-9-12-45)65-47-22-16-43(17-23-47)38-61-27-30-75-32-34-77-36-35-76-33-31-74-29-26-52(70)67-56(60(3,4)5)59(73)68-28-10-13-50(68)57(71)63-39-44-14-20-46(21-15-44)55-41(2)64-40-78-55/h7-9,11-12,14-18,20-24,37,40,50,56,61,65H,6,10,13,26-36,38-39H2,1-5H3,(H,62,69)(H,63,71)(H,66,72)(H,67,70)/b54-53-/t50?,56-/m1/s1. The third-order valence-corrected chi connectivity index (χ3v) is 14.0. The molecule has 18 heteroatoms. The van der Waals surface area contributed by atoms with Crippen molar-refractivity contribution in [2.75, 3.05) is 83.1 Å². The Labute approximate surface area is 461 Å². The normalized spacial score (nSPS) is 14.9. The molecule has 6 N–H and O–H groups in total. The van der Waals surface area contributed by atoms with Crippen LogP contribution in [0.25, 0.3) is 21.7 Å². The number of carbonyl (C=O) groups excluding carboxylic acids is 5. The van der Waals surface area contributed by atoms with E-state index >= 15 is 0 Å². The molecular formula is C60H72N8O9S. The fraction of sp³-hybridized carbons (Fsp3) is 0.400. The summed E-state index contributed by atoms with van der Waals surface area (Å²) in [6, 6.07) is 29.8. The van der Waals surface area contributed by atoms with E-state index in [1.165, 1.54) is 0 Å². The molecule has 2 aliphatic rings. The molecule has 5 aromatic rings. The van der Waals surface area contributed by atoms with Crippen molar-refractivity contribution in [1.82, 2.24) is 31.2 Å². The number of benzene rings is 4. The summed E-state index contributed by atoms with van der Waals surface area (Å²) in [5, 5.41) is 18.5. The smallest absolute Gasteiger partial charge is 0.296 e. The SMILES string of the molecule is CCNC(=O)C#Cc1ccc2c(c1)NC(=O)/C2=C(\Nc1ccc(CNCCOCCOCCOCCOCCC(=O)N[C@H](C(=O)N2CCCC2C(=O)NCc2ccc(-c3scnc3C)cc2)C(C)(C)C)cc1)c1ccccc1. The van der Waals surface area contributed by atoms with E-state index in [0.29, 0.717) is 114 Å². The maximum atomic E-state index is 13.9. The van der Waals surface area contributed by atoms with E-state index in [-0.39, 0.29) is 42.6 Å². The van der Waals surface area contributed by atoms with Gasteiger partial charge in [0.2, 0.25) is 17.7 Å². The van der Waals surface area contributed by atoms with Gasteiger partial charge in [-0.25, -0.2) is 4.98 Å². The Hall–Kier alpha value is -7.24. The zero-order valence-electron chi connectivity index (χ0n) is 45.3. The van der Waals surface area contributed by atoms with Crippen LogP contribution in [0.3, 0.4) is 0 Å². The number of hydrogen-bond acceptors (Lipinski definition) is 13. The molecule has 17 nitrogen and oxygen atoms in total. The predicted octanol–water partition coefficient (Wildman–Crippen LogP) is 6.92. The molecule has 4 aromatic carbocycles. The van der Waals surface area contributed by atoms with Crippen LogP contribution >= 0.6 is 11.3 Å². The number of aryl methyl sites for hydroxylation is 1. The van der Waals surface area contributed by atoms with Gasteiger partial charge in [0.25, 0.3) is 11.8 Å². The summed E-state index contributed by atoms with van der Waals surface area (Å²) in [5.74, 6) is 4.10. The van der Waals surface area contributed by atoms with Crippen molar-refractivity contribution in [1.29, 1.82) is 0 Å². The Bertz CT molecular complexity index is 2910. The fourth-order valence-electron chi connectivity index (χ4n) is 8.88. The molecule has 0 spiro atoms. The quantitative estimate of drug-likeness (QED) is 0.0180. The number of thiazole rings is 1. The Morgan fingerprint density at radius 2 is 1.49 bits per heavy atom. The van der Waals surface area contributed by atoms with Gasteiger partial charge in [0.05, 0.1) is 85.9 Å². The van der Waals surface area contributed by atoms with E-state index in [1.807, 2.05) is 125 Å². The Kier molecular flexibility index (Phi) is 22.1. The van der Waals surface area contributed by atoms with E-state index in [2.05, 4.69) is 48.7 Å². The lowest BCUT2D eigenvalue weighted by atomic mass is 9.85. The van der Waals surface area contributed by atoms with Crippen LogP contribution in [0.4, 0.5) is 11.4 Å². The molecule has 7 rings (SSSR count). The summed E-state index contributed by atoms with van der Waals surface area (Å²) in [5.41, 5.74) is 10.2. The van der Waals surface area contributed by atoms with Gasteiger partial charge in [-0.05, 0) is 78.6 Å². The molecule has 2 aliphatic heterocycles. The number of anilines is 2. The number of ether oxygens (including phenoxy) is 4. The summed E-state index contributed by atoms with van der Waals surface area (Å²) in [6.07, 6.45) is 1.34. The van der Waals surface area contributed by atoms with Gasteiger partial charge in [0.1, 0.15) is 12.1 Å². The summed E-state index contributed by atoms with van der Waals surface area (Å²) < 4.78 is 22.6. The molecule has 1 saturated heterocycles. The topological polar surface area (TPSA) is 211 Å². The highest BCUT2D eigenvalue weighted by Gasteiger charge is 2.42. The van der Waals surface area contributed by atoms with E-state index in [4.69, 9.17) is 18.9 Å². The Morgan fingerprint density at radius 1 is 0.821 bits per heavy atom. The number of nitrogens with zero attached hydrogens (tertiary/aromatic N) is 2. The molecule has 0 saturated carbocycles. The molecule has 1 aromatic heterocycles. The third-order valence-electron chi connectivity index (χ3n) is 13.0. The van der Waals surface area contributed by atoms with Crippen LogP contribution in [0, 0.1) is 24.2 Å². The van der Waals surface area contributed by atoms with E-state index in [9.17, 15) is 24.0 Å². The van der Waals surface area contributed by atoms with Gasteiger partial charge in [-0.1, -0.05) is 99.5 Å². The molecule has 0 radical (unpaired) electrons. The zero-order chi connectivity index (χ0) is 55.3. The monoisotopic (exact) mass is 1080 g/mol. The molecule has 5 amide bonds. The van der Waals surface area contributed by atoms with Crippen LogP contribution in [0.5, 0.6) is 0 Å². The van der Waals surface area contributed by atoms with Crippen molar-refractivity contribution < 1.29 is 42.9 Å². The van der Waals surface area contributed by atoms with Gasteiger partial charge in [-0.3, -0.25) is 24.0 Å². The van der Waals surface area contributed by atoms with Gasteiger partial charge in [0, 0.05) is 61.9 Å². The minimum Gasteiger partial charge on any atom is -0.379 e. The maximum Gasteiger partial charge on any atom is 0.296 e. The summed E-state index contributed by atoms with van der Waals surface area (Å²) in [4.78, 5) is 72.8. The molecule has 1 unspecified atom stereocenters. The predicted molar refractivity (Wildman–Crippen MR) is 304 cm³/mol. The summed E-state index contributed by atoms with van der Waals surface area (Å²) in [7, 11) is 0. The molecule has 2 atom stereocenters. The lowest BCUT2D eigenvalue weighted by Gasteiger charge is -2.35. The van der Waals surface area contributed by atoms with Gasteiger partial charge in [-0.2, -0.15) is 0 Å². The average molecular weight is 1080 g/mol. The largest absolute Gasteiger partial charge is 0.379 e. The van der Waals surface area contributed by atoms with Gasteiger partial charge < -0.3 is 55.7 Å². The van der Waals surface area contributed by atoms with Crippen molar-refractivity contribution in [3.05, 3.63) is 136 Å². The van der Waals surface area contributed by atoms with Crippen LogP contribution in [0.1, 0.15) is 80.5 Å². The van der Waals surface area contributed by atoms with Crippen LogP contribution in [-0.2, 0) is 56.0 Å². The second-order valence-corrected chi connectivity index (χ2v) is 20.7. The van der Waals surface area contributed by atoms with Crippen molar-refractivity contribution in [2.45, 2.75) is 79.1 Å². The van der Waals surface area contributed by atoms with Crippen molar-refractivity contribution in [2.24, 2.45) is 5.41 Å². The van der Waals surface area contributed by atoms with Gasteiger partial charge in [-0.15, -0.1) is 11.3 Å². The highest BCUT2D eigenvalue weighted by atomic mass is 32.1. The van der Waals surface area contributed by atoms with E-state index in [1.54, 1.807) is 28.4 Å². The highest BCUT2D eigenvalue weighted by molar-refractivity contribution is 7.13. The molecule has 0 aliphatic carbocycles. The molecule has 412 valence electrons. The number of nitrogens with one attached hydrogen (secondary N) is 6. The molecular weight excluding hydrogens is 1010 g/mol. The Morgan fingerprint density at radius 3 is 2.15 bits per heavy atom. The first-order valence-corrected chi connectivity index (χ1v) is 27.5. The maximum absolute atomic E-state index is 13.9. The second kappa shape index (κ2) is 29.5. The van der Waals surface area contributed by atoms with Gasteiger partial charge in [0.15, 0.2) is 0 Å². The number of fused-ring (bicyclic) bond motifs is 1. The lowest BCUT2D eigenvalue weighted by molar-refractivity contribution is -0.144. The van der Waals surface area contributed by atoms with E-state index < -0.39 is 17.5 Å². The van der Waals surface area contributed by atoms with Crippen molar-refractivity contribution in [3.63, 3.8) is 0 Å². The van der Waals surface area contributed by atoms with Crippen LogP contribution < -0.4 is 31.9 Å².